The second kappa shape index (κ2) is 15.0. The van der Waals surface area contributed by atoms with E-state index in [1.165, 1.54) is 26.4 Å². The van der Waals surface area contributed by atoms with Gasteiger partial charge in [0.15, 0.2) is 5.82 Å². The lowest BCUT2D eigenvalue weighted by atomic mass is 9.80. The minimum atomic E-state index is -0.558. The number of nitrogens with one attached hydrogen (secondary N) is 2. The minimum Gasteiger partial charge on any atom is -0.497 e. The molecule has 0 spiro atoms. The molecule has 6 rings (SSSR count). The maximum Gasteiger partial charge on any atom is 0.311 e. The number of imidazole rings is 1. The average Bonchev–Trinajstić information content (AvgIpc) is 3.56. The number of halogens is 1. The Kier molecular flexibility index (Phi) is 10.3. The number of nitrogens with zero attached hydrogens (tertiary/aromatic N) is 4. The van der Waals surface area contributed by atoms with E-state index < -0.39 is 17.1 Å². The van der Waals surface area contributed by atoms with Gasteiger partial charge in [-0.25, -0.2) is 14.4 Å². The molecule has 3 heterocycles. The highest BCUT2D eigenvalue weighted by molar-refractivity contribution is 5.97. The van der Waals surface area contributed by atoms with Crippen molar-refractivity contribution in [3.8, 4) is 28.5 Å². The third-order valence-electron chi connectivity index (χ3n) is 9.39. The van der Waals surface area contributed by atoms with Crippen LogP contribution in [0.3, 0.4) is 0 Å². The predicted octanol–water partition coefficient (Wildman–Crippen LogP) is 5.88. The molecule has 1 aliphatic rings. The predicted molar refractivity (Wildman–Crippen MR) is 191 cm³/mol. The fraction of sp³-hybridized carbons (Fsp3) is 0.316. The van der Waals surface area contributed by atoms with E-state index in [1.807, 2.05) is 60.0 Å². The molecule has 0 aliphatic carbocycles. The zero-order chi connectivity index (χ0) is 36.1. The summed E-state index contributed by atoms with van der Waals surface area (Å²) in [5.41, 5.74) is 3.66. The molecule has 12 nitrogen and oxygen atoms in total. The van der Waals surface area contributed by atoms with Gasteiger partial charge in [0.05, 0.1) is 39.4 Å². The number of carbonyl (C=O) groups is 2. The minimum absolute atomic E-state index is 0.121. The van der Waals surface area contributed by atoms with E-state index in [1.54, 1.807) is 20.4 Å². The fourth-order valence-corrected chi connectivity index (χ4v) is 6.32. The average molecular weight is 697 g/mol. The summed E-state index contributed by atoms with van der Waals surface area (Å²) < 4.78 is 37.2. The first kappa shape index (κ1) is 35.0. The number of fused-ring (bicyclic) bond motifs is 1. The number of anilines is 2. The van der Waals surface area contributed by atoms with E-state index in [0.717, 1.165) is 34.2 Å². The normalized spacial score (nSPS) is 13.8. The number of methoxy groups -OCH3 is 4. The molecule has 2 N–H and O–H groups in total. The van der Waals surface area contributed by atoms with Crippen LogP contribution in [0.4, 0.5) is 16.2 Å². The van der Waals surface area contributed by atoms with Crippen LogP contribution in [0.1, 0.15) is 41.3 Å². The summed E-state index contributed by atoms with van der Waals surface area (Å²) in [5, 5.41) is 6.34. The number of piperidine rings is 1. The molecule has 5 aromatic rings. The number of hydrogen-bond acceptors (Lipinski definition) is 10. The number of aromatic nitrogens is 3. The quantitative estimate of drug-likeness (QED) is 0.153. The first-order valence-corrected chi connectivity index (χ1v) is 16.5. The Labute approximate surface area is 295 Å². The summed E-state index contributed by atoms with van der Waals surface area (Å²) in [4.78, 5) is 37.5. The van der Waals surface area contributed by atoms with Crippen LogP contribution in [0, 0.1) is 11.2 Å². The zero-order valence-electron chi connectivity index (χ0n) is 29.3. The summed E-state index contributed by atoms with van der Waals surface area (Å²) in [6, 6.07) is 17.2. The third-order valence-corrected chi connectivity index (χ3v) is 9.39. The van der Waals surface area contributed by atoms with Crippen LogP contribution in [-0.4, -0.2) is 67.8 Å². The van der Waals surface area contributed by atoms with Gasteiger partial charge in [-0.3, -0.25) is 14.0 Å². The molecule has 0 bridgehead atoms. The van der Waals surface area contributed by atoms with Crippen molar-refractivity contribution in [3.63, 3.8) is 0 Å². The molecule has 51 heavy (non-hydrogen) atoms. The second-order valence-electron chi connectivity index (χ2n) is 12.5. The Bertz CT molecular complexity index is 2040. The smallest absolute Gasteiger partial charge is 0.311 e. The number of esters is 1. The monoisotopic (exact) mass is 696 g/mol. The van der Waals surface area contributed by atoms with Gasteiger partial charge in [0.25, 0.3) is 5.91 Å². The highest BCUT2D eigenvalue weighted by Gasteiger charge is 2.39. The van der Waals surface area contributed by atoms with Gasteiger partial charge in [0.2, 0.25) is 5.95 Å². The van der Waals surface area contributed by atoms with Crippen LogP contribution >= 0.6 is 0 Å². The van der Waals surface area contributed by atoms with Crippen molar-refractivity contribution in [2.45, 2.75) is 32.9 Å². The first-order chi connectivity index (χ1) is 24.7. The number of ether oxygens (including phenoxy) is 4. The molecule has 2 aromatic heterocycles. The van der Waals surface area contributed by atoms with Gasteiger partial charge in [0.1, 0.15) is 34.3 Å². The Balaban J connectivity index is 1.31. The Hall–Kier alpha value is -5.85. The van der Waals surface area contributed by atoms with Crippen LogP contribution in [0.25, 0.3) is 16.8 Å². The van der Waals surface area contributed by atoms with E-state index in [4.69, 9.17) is 28.9 Å². The Morgan fingerprint density at radius 2 is 1.65 bits per heavy atom. The van der Waals surface area contributed by atoms with Crippen LogP contribution in [0.2, 0.25) is 0 Å². The third kappa shape index (κ3) is 7.23. The van der Waals surface area contributed by atoms with Crippen LogP contribution < -0.4 is 29.7 Å². The van der Waals surface area contributed by atoms with E-state index in [0.29, 0.717) is 61.2 Å². The van der Waals surface area contributed by atoms with Gasteiger partial charge in [-0.15, -0.1) is 0 Å². The number of carbonyl (C=O) groups excluding carboxylic acids is 2. The lowest BCUT2D eigenvalue weighted by molar-refractivity contribution is -0.152. The SMILES string of the molecule is COC(=O)C1(C)CCN(c2nc(-c3ccc(CNC(=O)c4cc(F)ccc4OC)cc3)c3c(NCc4ccc(OC)cc4OC)nccn23)CC1. The fourth-order valence-electron chi connectivity index (χ4n) is 6.32. The van der Waals surface area contributed by atoms with Crippen molar-refractivity contribution in [2.24, 2.45) is 5.41 Å². The molecule has 1 aliphatic heterocycles. The largest absolute Gasteiger partial charge is 0.497 e. The summed E-state index contributed by atoms with van der Waals surface area (Å²) in [6.45, 7) is 3.83. The van der Waals surface area contributed by atoms with Gasteiger partial charge >= 0.3 is 5.97 Å². The van der Waals surface area contributed by atoms with E-state index >= 15 is 0 Å². The van der Waals surface area contributed by atoms with Crippen molar-refractivity contribution < 1.29 is 32.9 Å². The summed E-state index contributed by atoms with van der Waals surface area (Å²) >= 11 is 0. The molecule has 0 atom stereocenters. The molecule has 1 fully saturated rings. The van der Waals surface area contributed by atoms with Crippen molar-refractivity contribution >= 4 is 29.2 Å². The topological polar surface area (TPSA) is 129 Å². The summed E-state index contributed by atoms with van der Waals surface area (Å²) in [6.07, 6.45) is 4.87. The molecule has 1 saturated heterocycles. The highest BCUT2D eigenvalue weighted by atomic mass is 19.1. The van der Waals surface area contributed by atoms with Crippen molar-refractivity contribution in [2.75, 3.05) is 51.7 Å². The summed E-state index contributed by atoms with van der Waals surface area (Å²) in [5.74, 6) is 1.86. The molecule has 3 aromatic carbocycles. The highest BCUT2D eigenvalue weighted by Crippen LogP contribution is 2.38. The molecule has 266 valence electrons. The standard InChI is InChI=1S/C38H41FN6O6/c1-38(36(47)51-5)14-17-44(18-15-38)37-43-32(25-8-6-24(7-9-25)22-42-35(46)29-20-27(39)11-13-30(29)49-3)33-34(40-16-19-45(33)37)41-23-26-10-12-28(48-2)21-31(26)50-4/h6-13,16,19-21H,14-15,17-18,22-23H2,1-5H3,(H,40,41)(H,42,46). The zero-order valence-corrected chi connectivity index (χ0v) is 29.3. The molecule has 0 unspecified atom stereocenters. The molecule has 0 radical (unpaired) electrons. The number of rotatable bonds is 12. The molecule has 13 heteroatoms. The van der Waals surface area contributed by atoms with E-state index in [9.17, 15) is 14.0 Å². The van der Waals surface area contributed by atoms with Crippen LogP contribution in [0.15, 0.2) is 73.1 Å². The number of amides is 1. The summed E-state index contributed by atoms with van der Waals surface area (Å²) in [7, 11) is 6.10. The molecular formula is C38H41FN6O6. The van der Waals surface area contributed by atoms with Gasteiger partial charge in [-0.05, 0) is 55.7 Å². The van der Waals surface area contributed by atoms with E-state index in [-0.39, 0.29) is 18.1 Å². The Morgan fingerprint density at radius 1 is 0.902 bits per heavy atom. The Morgan fingerprint density at radius 3 is 2.33 bits per heavy atom. The number of hydrogen-bond donors (Lipinski definition) is 2. The number of benzene rings is 3. The van der Waals surface area contributed by atoms with Gasteiger partial charge in [-0.2, -0.15) is 0 Å². The molecule has 0 saturated carbocycles. The molecule has 1 amide bonds. The maximum atomic E-state index is 13.9. The van der Waals surface area contributed by atoms with E-state index in [2.05, 4.69) is 15.5 Å². The van der Waals surface area contributed by atoms with Crippen molar-refractivity contribution in [3.05, 3.63) is 95.6 Å². The second-order valence-corrected chi connectivity index (χ2v) is 12.5. The van der Waals surface area contributed by atoms with Gasteiger partial charge in [0, 0.05) is 55.8 Å². The lowest BCUT2D eigenvalue weighted by Crippen LogP contribution is -2.43. The van der Waals surface area contributed by atoms with Gasteiger partial charge in [-0.1, -0.05) is 24.3 Å². The first-order valence-electron chi connectivity index (χ1n) is 16.5. The molecular weight excluding hydrogens is 655 g/mol. The maximum absolute atomic E-state index is 13.9. The van der Waals surface area contributed by atoms with Crippen LogP contribution in [-0.2, 0) is 22.6 Å². The van der Waals surface area contributed by atoms with Crippen LogP contribution in [0.5, 0.6) is 17.2 Å². The van der Waals surface area contributed by atoms with Crippen molar-refractivity contribution in [1.82, 2.24) is 19.7 Å². The lowest BCUT2D eigenvalue weighted by Gasteiger charge is -2.37. The van der Waals surface area contributed by atoms with Crippen molar-refractivity contribution in [1.29, 1.82) is 0 Å². The van der Waals surface area contributed by atoms with Gasteiger partial charge < -0.3 is 34.5 Å².